The summed E-state index contributed by atoms with van der Waals surface area (Å²) in [4.78, 5) is 55.5. The third-order valence-corrected chi connectivity index (χ3v) is 7.42. The number of fused-ring (bicyclic) bond motifs is 1. The summed E-state index contributed by atoms with van der Waals surface area (Å²) in [6.45, 7) is 12.7. The molecular formula is C32H33N3O4. The molecule has 3 aliphatic rings. The zero-order valence-corrected chi connectivity index (χ0v) is 23.2. The van der Waals surface area contributed by atoms with Gasteiger partial charge >= 0.3 is 0 Å². The van der Waals surface area contributed by atoms with E-state index in [1.807, 2.05) is 32.9 Å². The van der Waals surface area contributed by atoms with Gasteiger partial charge in [0.2, 0.25) is 5.91 Å². The van der Waals surface area contributed by atoms with E-state index in [-0.39, 0.29) is 28.7 Å². The number of nitrogens with zero attached hydrogens (tertiary/aromatic N) is 2. The highest BCUT2D eigenvalue weighted by Gasteiger charge is 2.45. The van der Waals surface area contributed by atoms with Crippen LogP contribution >= 0.6 is 0 Å². The second kappa shape index (κ2) is 9.19. The minimum Gasteiger partial charge on any atom is -0.329 e. The van der Waals surface area contributed by atoms with Gasteiger partial charge < -0.3 is 10.2 Å². The molecule has 1 aliphatic carbocycles. The highest BCUT2D eigenvalue weighted by Crippen LogP contribution is 2.38. The Kier molecular flexibility index (Phi) is 6.21. The number of carbonyl (C=O) groups is 4. The fraction of sp³-hybridized carbons (Fsp3) is 0.312. The lowest BCUT2D eigenvalue weighted by Crippen LogP contribution is -2.43. The highest BCUT2D eigenvalue weighted by molar-refractivity contribution is 6.30. The molecule has 1 saturated heterocycles. The first-order valence-corrected chi connectivity index (χ1v) is 13.1. The normalized spacial score (nSPS) is 19.3. The summed E-state index contributed by atoms with van der Waals surface area (Å²) in [5, 5.41) is 2.86. The van der Waals surface area contributed by atoms with Crippen molar-refractivity contribution < 1.29 is 19.2 Å². The molecule has 0 spiro atoms. The molecule has 2 aliphatic heterocycles. The third-order valence-electron chi connectivity index (χ3n) is 7.42. The molecule has 7 heteroatoms. The van der Waals surface area contributed by atoms with Crippen LogP contribution in [0.3, 0.4) is 0 Å². The fourth-order valence-corrected chi connectivity index (χ4v) is 5.05. The van der Waals surface area contributed by atoms with Crippen LogP contribution in [0.1, 0.15) is 57.5 Å². The number of amides is 4. The summed E-state index contributed by atoms with van der Waals surface area (Å²) in [6, 6.07) is 14.1. The van der Waals surface area contributed by atoms with Crippen molar-refractivity contribution in [1.29, 1.82) is 0 Å². The minimum absolute atomic E-state index is 0.00358. The maximum absolute atomic E-state index is 13.4. The Hall–Kier alpha value is -4.26. The van der Waals surface area contributed by atoms with E-state index >= 15 is 0 Å². The number of nitrogens with one attached hydrogen (secondary N) is 1. The summed E-state index contributed by atoms with van der Waals surface area (Å²) < 4.78 is 0. The van der Waals surface area contributed by atoms with Crippen molar-refractivity contribution in [1.82, 2.24) is 4.90 Å². The molecule has 2 aromatic carbocycles. The fourth-order valence-electron chi connectivity index (χ4n) is 5.05. The number of carbonyl (C=O) groups excluding carboxylic acids is 4. The number of imide groups is 1. The van der Waals surface area contributed by atoms with Crippen molar-refractivity contribution in [3.63, 3.8) is 0 Å². The monoisotopic (exact) mass is 523 g/mol. The van der Waals surface area contributed by atoms with E-state index < -0.39 is 11.8 Å². The van der Waals surface area contributed by atoms with Crippen molar-refractivity contribution in [2.75, 3.05) is 16.8 Å². The molecule has 1 atom stereocenters. The van der Waals surface area contributed by atoms with Crippen LogP contribution in [-0.2, 0) is 19.8 Å². The van der Waals surface area contributed by atoms with Crippen LogP contribution in [0, 0.1) is 5.92 Å². The summed E-state index contributed by atoms with van der Waals surface area (Å²) in [5.41, 5.74) is 3.85. The van der Waals surface area contributed by atoms with Gasteiger partial charge in [0, 0.05) is 34.5 Å². The summed E-state index contributed by atoms with van der Waals surface area (Å²) >= 11 is 0. The first-order valence-electron chi connectivity index (χ1n) is 13.1. The predicted octanol–water partition coefficient (Wildman–Crippen LogP) is 5.16. The van der Waals surface area contributed by atoms with Gasteiger partial charge in [0.05, 0.1) is 11.6 Å². The van der Waals surface area contributed by atoms with Crippen LogP contribution in [0.4, 0.5) is 11.4 Å². The van der Waals surface area contributed by atoms with Gasteiger partial charge in [-0.05, 0) is 79.8 Å². The molecule has 200 valence electrons. The molecule has 0 radical (unpaired) electrons. The maximum Gasteiger partial charge on any atom is 0.262 e. The lowest BCUT2D eigenvalue weighted by atomic mass is 9.87. The van der Waals surface area contributed by atoms with Crippen LogP contribution in [-0.4, -0.2) is 40.6 Å². The molecule has 7 nitrogen and oxygen atoms in total. The molecule has 5 rings (SSSR count). The largest absolute Gasteiger partial charge is 0.329 e. The van der Waals surface area contributed by atoms with E-state index in [9.17, 15) is 19.2 Å². The second-order valence-electron chi connectivity index (χ2n) is 12.2. The van der Waals surface area contributed by atoms with Crippen LogP contribution in [0.25, 0.3) is 0 Å². The zero-order valence-electron chi connectivity index (χ0n) is 23.2. The SMILES string of the molecule is CC(C)(C)c1ccc(C(=O)Nc2ccc(N3C(=O)C4=CC5=C(C=CC4C3=O)CN(C(C)(C)C)C5=O)cc2)cc1. The summed E-state index contributed by atoms with van der Waals surface area (Å²) in [5.74, 6) is -1.93. The number of hydrogen-bond donors (Lipinski definition) is 1. The number of hydrogen-bond acceptors (Lipinski definition) is 4. The Morgan fingerprint density at radius 3 is 2.10 bits per heavy atom. The highest BCUT2D eigenvalue weighted by atomic mass is 16.2. The van der Waals surface area contributed by atoms with Gasteiger partial charge in [-0.25, -0.2) is 4.90 Å². The van der Waals surface area contributed by atoms with Crippen molar-refractivity contribution in [3.8, 4) is 0 Å². The molecule has 1 N–H and O–H groups in total. The van der Waals surface area contributed by atoms with Gasteiger partial charge in [0.1, 0.15) is 0 Å². The average Bonchev–Trinajstić information content (AvgIpc) is 3.21. The zero-order chi connectivity index (χ0) is 28.3. The standard InChI is InChI=1S/C32H33N3O4/c1-31(2,3)21-10-7-19(8-11-21)27(36)33-22-12-14-23(15-13-22)35-29(38)24-16-9-20-18-34(32(4,5)6)28(37)25(20)17-26(24)30(35)39/h7-17,24H,18H2,1-6H3,(H,33,36). The quantitative estimate of drug-likeness (QED) is 0.563. The van der Waals surface area contributed by atoms with Crippen LogP contribution < -0.4 is 10.2 Å². The van der Waals surface area contributed by atoms with Crippen molar-refractivity contribution in [2.24, 2.45) is 5.92 Å². The summed E-state index contributed by atoms with van der Waals surface area (Å²) in [7, 11) is 0. The van der Waals surface area contributed by atoms with E-state index in [1.54, 1.807) is 59.5 Å². The van der Waals surface area contributed by atoms with Crippen LogP contribution in [0.5, 0.6) is 0 Å². The number of benzene rings is 2. The Morgan fingerprint density at radius 2 is 1.51 bits per heavy atom. The van der Waals surface area contributed by atoms with Crippen LogP contribution in [0.15, 0.2) is 83.5 Å². The third kappa shape index (κ3) is 4.73. The maximum atomic E-state index is 13.4. The molecule has 1 unspecified atom stereocenters. The van der Waals surface area contributed by atoms with E-state index in [4.69, 9.17) is 0 Å². The van der Waals surface area contributed by atoms with Gasteiger partial charge in [-0.15, -0.1) is 0 Å². The van der Waals surface area contributed by atoms with Gasteiger partial charge in [-0.2, -0.15) is 0 Å². The van der Waals surface area contributed by atoms with E-state index in [2.05, 4.69) is 26.1 Å². The topological polar surface area (TPSA) is 86.8 Å². The molecule has 0 saturated carbocycles. The van der Waals surface area contributed by atoms with E-state index in [0.29, 0.717) is 34.6 Å². The van der Waals surface area contributed by atoms with Gasteiger partial charge in [0.15, 0.2) is 0 Å². The lowest BCUT2D eigenvalue weighted by molar-refractivity contribution is -0.129. The molecule has 4 amide bonds. The van der Waals surface area contributed by atoms with Gasteiger partial charge in [-0.3, -0.25) is 19.2 Å². The van der Waals surface area contributed by atoms with Crippen molar-refractivity contribution >= 4 is 35.0 Å². The Balaban J connectivity index is 1.33. The first kappa shape index (κ1) is 26.4. The number of rotatable bonds is 3. The molecule has 2 aromatic rings. The molecule has 39 heavy (non-hydrogen) atoms. The van der Waals surface area contributed by atoms with E-state index in [0.717, 1.165) is 16.0 Å². The summed E-state index contributed by atoms with van der Waals surface area (Å²) in [6.07, 6.45) is 5.11. The lowest BCUT2D eigenvalue weighted by Gasteiger charge is -2.32. The molecular weight excluding hydrogens is 490 g/mol. The van der Waals surface area contributed by atoms with Gasteiger partial charge in [0.25, 0.3) is 17.7 Å². The smallest absolute Gasteiger partial charge is 0.262 e. The Labute approximate surface area is 228 Å². The predicted molar refractivity (Wildman–Crippen MR) is 151 cm³/mol. The molecule has 1 fully saturated rings. The number of anilines is 2. The molecule has 0 bridgehead atoms. The van der Waals surface area contributed by atoms with E-state index in [1.165, 1.54) is 0 Å². The Morgan fingerprint density at radius 1 is 0.872 bits per heavy atom. The molecule has 2 heterocycles. The minimum atomic E-state index is -0.741. The van der Waals surface area contributed by atoms with Crippen molar-refractivity contribution in [2.45, 2.75) is 52.5 Å². The van der Waals surface area contributed by atoms with Gasteiger partial charge in [-0.1, -0.05) is 45.1 Å². The second-order valence-corrected chi connectivity index (χ2v) is 12.2. The van der Waals surface area contributed by atoms with Crippen molar-refractivity contribution in [3.05, 3.63) is 94.6 Å². The molecule has 0 aromatic heterocycles. The average molecular weight is 524 g/mol. The van der Waals surface area contributed by atoms with Crippen LogP contribution in [0.2, 0.25) is 0 Å². The first-order chi connectivity index (χ1) is 18.3. The Bertz CT molecular complexity index is 1480.